The summed E-state index contributed by atoms with van der Waals surface area (Å²) in [4.78, 5) is 4.50. The Hall–Kier alpha value is -1.13. The van der Waals surface area contributed by atoms with E-state index in [1.807, 2.05) is 12.1 Å². The van der Waals surface area contributed by atoms with Crippen molar-refractivity contribution in [1.29, 1.82) is 0 Å². The zero-order valence-corrected chi connectivity index (χ0v) is 13.7. The minimum Gasteiger partial charge on any atom is -0.366 e. The molecule has 1 N–H and O–H groups in total. The minimum atomic E-state index is -0.105. The van der Waals surface area contributed by atoms with E-state index in [1.165, 1.54) is 0 Å². The van der Waals surface area contributed by atoms with Crippen molar-refractivity contribution in [2.75, 3.05) is 38.1 Å². The molecule has 21 heavy (non-hydrogen) atoms. The predicted molar refractivity (Wildman–Crippen MR) is 87.3 cm³/mol. The maximum Gasteiger partial charge on any atom is 0.146 e. The Morgan fingerprint density at radius 1 is 1.29 bits per heavy atom. The molecule has 2 rings (SSSR count). The zero-order chi connectivity index (χ0) is 15.5. The first-order valence-corrected chi connectivity index (χ1v) is 7.89. The average molecular weight is 293 g/mol. The number of piperazine rings is 1. The fourth-order valence-electron chi connectivity index (χ4n) is 2.77. The summed E-state index contributed by atoms with van der Waals surface area (Å²) in [6, 6.07) is 5.63. The van der Waals surface area contributed by atoms with E-state index in [9.17, 15) is 4.39 Å². The topological polar surface area (TPSA) is 18.5 Å². The van der Waals surface area contributed by atoms with Crippen LogP contribution in [0.15, 0.2) is 18.2 Å². The summed E-state index contributed by atoms with van der Waals surface area (Å²) >= 11 is 0. The number of nitrogens with one attached hydrogen (secondary N) is 1. The van der Waals surface area contributed by atoms with Crippen molar-refractivity contribution in [1.82, 2.24) is 10.2 Å². The molecule has 0 aliphatic carbocycles. The first-order chi connectivity index (χ1) is 9.94. The van der Waals surface area contributed by atoms with E-state index in [0.717, 1.165) is 50.4 Å². The van der Waals surface area contributed by atoms with Gasteiger partial charge in [-0.2, -0.15) is 0 Å². The lowest BCUT2D eigenvalue weighted by atomic mass is 9.99. The van der Waals surface area contributed by atoms with Crippen LogP contribution in [-0.2, 0) is 6.54 Å². The molecule has 1 saturated heterocycles. The highest BCUT2D eigenvalue weighted by Crippen LogP contribution is 2.27. The highest BCUT2D eigenvalue weighted by molar-refractivity contribution is 5.50. The maximum absolute atomic E-state index is 14.4. The van der Waals surface area contributed by atoms with Gasteiger partial charge in [0.2, 0.25) is 0 Å². The first kappa shape index (κ1) is 16.2. The van der Waals surface area contributed by atoms with E-state index < -0.39 is 0 Å². The highest BCUT2D eigenvalue weighted by atomic mass is 19.1. The second-order valence-corrected chi connectivity index (χ2v) is 6.62. The normalized spacial score (nSPS) is 19.0. The van der Waals surface area contributed by atoms with E-state index in [-0.39, 0.29) is 11.4 Å². The molecule has 1 aromatic carbocycles. The minimum absolute atomic E-state index is 0.0754. The Morgan fingerprint density at radius 2 is 2.05 bits per heavy atom. The second-order valence-electron chi connectivity index (χ2n) is 6.62. The summed E-state index contributed by atoms with van der Waals surface area (Å²) in [5.74, 6) is -0.105. The molecule has 0 radical (unpaired) electrons. The van der Waals surface area contributed by atoms with E-state index in [2.05, 4.69) is 42.9 Å². The van der Waals surface area contributed by atoms with Crippen LogP contribution < -0.4 is 10.2 Å². The summed E-state index contributed by atoms with van der Waals surface area (Å²) in [5, 5.41) is 3.31. The molecule has 1 heterocycles. The molecule has 1 aromatic rings. The molecule has 0 atom stereocenters. The van der Waals surface area contributed by atoms with Crippen LogP contribution in [0.25, 0.3) is 0 Å². The van der Waals surface area contributed by atoms with Gasteiger partial charge in [0.15, 0.2) is 0 Å². The van der Waals surface area contributed by atoms with Gasteiger partial charge in [-0.15, -0.1) is 0 Å². The molecule has 118 valence electrons. The number of anilines is 1. The Morgan fingerprint density at radius 3 is 2.67 bits per heavy atom. The number of likely N-dealkylation sites (N-methyl/N-ethyl adjacent to an activating group) is 1. The number of halogens is 1. The third-order valence-corrected chi connectivity index (χ3v) is 4.43. The molecule has 0 spiro atoms. The number of nitrogens with zero attached hydrogens (tertiary/aromatic N) is 2. The molecule has 0 saturated carbocycles. The largest absolute Gasteiger partial charge is 0.366 e. The molecule has 0 amide bonds. The summed E-state index contributed by atoms with van der Waals surface area (Å²) in [6.07, 6.45) is 1.09. The van der Waals surface area contributed by atoms with Crippen LogP contribution in [0, 0.1) is 5.82 Å². The molecule has 1 fully saturated rings. The lowest BCUT2D eigenvalue weighted by Crippen LogP contribution is -2.57. The van der Waals surface area contributed by atoms with E-state index >= 15 is 0 Å². The monoisotopic (exact) mass is 293 g/mol. The Kier molecular flexibility index (Phi) is 5.22. The van der Waals surface area contributed by atoms with Crippen LogP contribution in [0.2, 0.25) is 0 Å². The summed E-state index contributed by atoms with van der Waals surface area (Å²) in [7, 11) is 2.14. The van der Waals surface area contributed by atoms with Crippen LogP contribution in [0.4, 0.5) is 10.1 Å². The van der Waals surface area contributed by atoms with E-state index in [1.54, 1.807) is 6.07 Å². The fraction of sp³-hybridized carbons (Fsp3) is 0.647. The predicted octanol–water partition coefficient (Wildman–Crippen LogP) is 2.86. The van der Waals surface area contributed by atoms with Crippen LogP contribution in [0.3, 0.4) is 0 Å². The van der Waals surface area contributed by atoms with Crippen molar-refractivity contribution in [2.45, 2.75) is 39.3 Å². The van der Waals surface area contributed by atoms with Crippen molar-refractivity contribution in [2.24, 2.45) is 0 Å². The Balaban J connectivity index is 2.07. The van der Waals surface area contributed by atoms with Crippen LogP contribution in [-0.4, -0.2) is 43.7 Å². The van der Waals surface area contributed by atoms with E-state index in [0.29, 0.717) is 0 Å². The lowest BCUT2D eigenvalue weighted by Gasteiger charge is -2.46. The summed E-state index contributed by atoms with van der Waals surface area (Å²) < 4.78 is 14.4. The van der Waals surface area contributed by atoms with Gasteiger partial charge in [-0.1, -0.05) is 13.0 Å². The van der Waals surface area contributed by atoms with Crippen molar-refractivity contribution in [3.63, 3.8) is 0 Å². The van der Waals surface area contributed by atoms with E-state index in [4.69, 9.17) is 0 Å². The summed E-state index contributed by atoms with van der Waals surface area (Å²) in [5.41, 5.74) is 1.82. The first-order valence-electron chi connectivity index (χ1n) is 7.89. The average Bonchev–Trinajstić information content (AvgIpc) is 2.42. The fourth-order valence-corrected chi connectivity index (χ4v) is 2.77. The van der Waals surface area contributed by atoms with Crippen LogP contribution in [0.5, 0.6) is 0 Å². The number of benzene rings is 1. The quantitative estimate of drug-likeness (QED) is 0.842. The SMILES string of the molecule is CCCNCc1ccc(N2CCN(C)C(C)(C)C2)c(F)c1. The highest BCUT2D eigenvalue weighted by Gasteiger charge is 2.31. The number of hydrogen-bond acceptors (Lipinski definition) is 3. The van der Waals surface area contributed by atoms with Crippen molar-refractivity contribution in [3.05, 3.63) is 29.6 Å². The second kappa shape index (κ2) is 6.75. The van der Waals surface area contributed by atoms with Crippen molar-refractivity contribution >= 4 is 5.69 Å². The molecule has 1 aliphatic rings. The molecule has 1 aliphatic heterocycles. The molecular weight excluding hydrogens is 265 g/mol. The van der Waals surface area contributed by atoms with Gasteiger partial charge in [0.1, 0.15) is 5.82 Å². The van der Waals surface area contributed by atoms with Gasteiger partial charge in [-0.05, 0) is 51.6 Å². The summed E-state index contributed by atoms with van der Waals surface area (Å²) in [6.45, 7) is 11.0. The van der Waals surface area contributed by atoms with Gasteiger partial charge in [-0.3, -0.25) is 4.90 Å². The smallest absolute Gasteiger partial charge is 0.146 e. The van der Waals surface area contributed by atoms with Crippen LogP contribution >= 0.6 is 0 Å². The Labute approximate surface area is 128 Å². The molecule has 0 unspecified atom stereocenters. The van der Waals surface area contributed by atoms with Gasteiger partial charge < -0.3 is 10.2 Å². The van der Waals surface area contributed by atoms with Gasteiger partial charge >= 0.3 is 0 Å². The Bertz CT molecular complexity index is 473. The third-order valence-electron chi connectivity index (χ3n) is 4.43. The van der Waals surface area contributed by atoms with Gasteiger partial charge in [0.25, 0.3) is 0 Å². The maximum atomic E-state index is 14.4. The molecular formula is C17H28FN3. The molecule has 0 aromatic heterocycles. The van der Waals surface area contributed by atoms with Crippen LogP contribution in [0.1, 0.15) is 32.8 Å². The molecule has 3 nitrogen and oxygen atoms in total. The third kappa shape index (κ3) is 3.95. The zero-order valence-electron chi connectivity index (χ0n) is 13.7. The molecule has 0 bridgehead atoms. The number of rotatable bonds is 5. The number of hydrogen-bond donors (Lipinski definition) is 1. The molecule has 4 heteroatoms. The van der Waals surface area contributed by atoms with Crippen molar-refractivity contribution < 1.29 is 4.39 Å². The van der Waals surface area contributed by atoms with Crippen molar-refractivity contribution in [3.8, 4) is 0 Å². The lowest BCUT2D eigenvalue weighted by molar-refractivity contribution is 0.138. The van der Waals surface area contributed by atoms with Gasteiger partial charge in [0.05, 0.1) is 5.69 Å². The van der Waals surface area contributed by atoms with Gasteiger partial charge in [0, 0.05) is 31.7 Å². The standard InChI is InChI=1S/C17H28FN3/c1-5-8-19-12-14-6-7-16(15(18)11-14)21-10-9-20(4)17(2,3)13-21/h6-7,11,19H,5,8-10,12-13H2,1-4H3. The van der Waals surface area contributed by atoms with Gasteiger partial charge in [-0.25, -0.2) is 4.39 Å².